The smallest absolute Gasteiger partial charge is 0.271 e. The molecule has 0 bridgehead atoms. The number of methoxy groups -OCH3 is 1. The van der Waals surface area contributed by atoms with Gasteiger partial charge in [0.1, 0.15) is 17.2 Å². The molecule has 2 amide bonds. The Morgan fingerprint density at radius 3 is 2.52 bits per heavy atom. The molecule has 0 unspecified atom stereocenters. The second-order valence-corrected chi connectivity index (χ2v) is 7.46. The fourth-order valence-electron chi connectivity index (χ4n) is 2.65. The number of hydrazone groups is 1. The molecule has 0 aliphatic heterocycles. The van der Waals surface area contributed by atoms with E-state index in [9.17, 15) is 14.7 Å². The molecule has 33 heavy (non-hydrogen) atoms. The van der Waals surface area contributed by atoms with Gasteiger partial charge in [-0.05, 0) is 54.6 Å². The van der Waals surface area contributed by atoms with Crippen LogP contribution in [0.4, 0.5) is 5.69 Å². The molecule has 170 valence electrons. The van der Waals surface area contributed by atoms with E-state index in [1.165, 1.54) is 31.5 Å². The number of anilines is 1. The Morgan fingerprint density at radius 1 is 1.06 bits per heavy atom. The summed E-state index contributed by atoms with van der Waals surface area (Å²) in [6.45, 7) is -0.180. The molecule has 0 aliphatic carbocycles. The summed E-state index contributed by atoms with van der Waals surface area (Å²) in [5, 5.41) is 16.7. The predicted octanol–water partition coefficient (Wildman–Crippen LogP) is 4.49. The molecule has 3 aromatic rings. The standard InChI is InChI=1S/C23H19Cl2N3O5/c1-32-21-11-17(27-22(30)13-33-18-7-4-16(24)5-8-18)6-2-15(21)12-26-28-23(31)14-3-9-20(29)19(25)10-14/h2-12,29H,13H2,1H3,(H,27,30)(H,28,31). The van der Waals surface area contributed by atoms with E-state index in [1.807, 2.05) is 0 Å². The first-order valence-corrected chi connectivity index (χ1v) is 10.3. The molecule has 0 saturated carbocycles. The lowest BCUT2D eigenvalue weighted by Crippen LogP contribution is -2.20. The topological polar surface area (TPSA) is 109 Å². The molecule has 3 rings (SSSR count). The van der Waals surface area contributed by atoms with E-state index in [4.69, 9.17) is 32.7 Å². The van der Waals surface area contributed by atoms with Crippen molar-refractivity contribution < 1.29 is 24.2 Å². The summed E-state index contributed by atoms with van der Waals surface area (Å²) in [6, 6.07) is 15.7. The van der Waals surface area contributed by atoms with E-state index in [1.54, 1.807) is 42.5 Å². The minimum absolute atomic E-state index is 0.0597. The Labute approximate surface area is 199 Å². The van der Waals surface area contributed by atoms with Crippen LogP contribution in [0.2, 0.25) is 10.0 Å². The third kappa shape index (κ3) is 6.86. The maximum absolute atomic E-state index is 12.2. The van der Waals surface area contributed by atoms with Gasteiger partial charge in [-0.1, -0.05) is 23.2 Å². The fraction of sp³-hybridized carbons (Fsp3) is 0.0870. The highest BCUT2D eigenvalue weighted by atomic mass is 35.5. The quantitative estimate of drug-likeness (QED) is 0.320. The average molecular weight is 488 g/mol. The van der Waals surface area contributed by atoms with Gasteiger partial charge in [-0.15, -0.1) is 0 Å². The molecule has 3 N–H and O–H groups in total. The third-order valence-corrected chi connectivity index (χ3v) is 4.84. The van der Waals surface area contributed by atoms with Crippen molar-refractivity contribution >= 4 is 46.9 Å². The molecule has 0 atom stereocenters. The van der Waals surface area contributed by atoms with Gasteiger partial charge in [0.15, 0.2) is 6.61 Å². The number of hydrogen-bond donors (Lipinski definition) is 3. The second-order valence-electron chi connectivity index (χ2n) is 6.61. The monoisotopic (exact) mass is 487 g/mol. The van der Waals surface area contributed by atoms with E-state index in [0.717, 1.165) is 0 Å². The lowest BCUT2D eigenvalue weighted by molar-refractivity contribution is -0.118. The number of ether oxygens (including phenoxy) is 2. The van der Waals surface area contributed by atoms with Crippen LogP contribution in [0.3, 0.4) is 0 Å². The Hall–Kier alpha value is -3.75. The number of hydrogen-bond acceptors (Lipinski definition) is 6. The average Bonchev–Trinajstić information content (AvgIpc) is 2.81. The number of phenols is 1. The number of aromatic hydroxyl groups is 1. The summed E-state index contributed by atoms with van der Waals surface area (Å²) in [7, 11) is 1.47. The molecular formula is C23H19Cl2N3O5. The van der Waals surface area contributed by atoms with Gasteiger partial charge in [0.05, 0.1) is 18.3 Å². The second kappa shape index (κ2) is 11.2. The summed E-state index contributed by atoms with van der Waals surface area (Å²) in [5.41, 5.74) is 3.67. The van der Waals surface area contributed by atoms with E-state index >= 15 is 0 Å². The molecule has 8 nitrogen and oxygen atoms in total. The third-order valence-electron chi connectivity index (χ3n) is 4.28. The first-order chi connectivity index (χ1) is 15.9. The molecule has 0 aliphatic rings. The van der Waals surface area contributed by atoms with Crippen molar-refractivity contribution in [3.8, 4) is 17.2 Å². The highest BCUT2D eigenvalue weighted by Crippen LogP contribution is 2.24. The van der Waals surface area contributed by atoms with Crippen LogP contribution in [0.5, 0.6) is 17.2 Å². The molecule has 3 aromatic carbocycles. The number of phenolic OH excluding ortho intramolecular Hbond substituents is 1. The number of nitrogens with one attached hydrogen (secondary N) is 2. The van der Waals surface area contributed by atoms with Gasteiger partial charge in [0.2, 0.25) is 0 Å². The zero-order chi connectivity index (χ0) is 23.8. The number of carbonyl (C=O) groups excluding carboxylic acids is 2. The van der Waals surface area contributed by atoms with Crippen LogP contribution >= 0.6 is 23.2 Å². The molecule has 0 saturated heterocycles. The van der Waals surface area contributed by atoms with Gasteiger partial charge in [-0.3, -0.25) is 9.59 Å². The number of benzene rings is 3. The van der Waals surface area contributed by atoms with Gasteiger partial charge in [0.25, 0.3) is 11.8 Å². The van der Waals surface area contributed by atoms with Crippen LogP contribution in [-0.4, -0.2) is 36.9 Å². The van der Waals surface area contributed by atoms with Crippen molar-refractivity contribution in [3.05, 3.63) is 81.8 Å². The first-order valence-electron chi connectivity index (χ1n) is 9.54. The lowest BCUT2D eigenvalue weighted by Gasteiger charge is -2.10. The molecule has 0 spiro atoms. The SMILES string of the molecule is COc1cc(NC(=O)COc2ccc(Cl)cc2)ccc1C=NNC(=O)c1ccc(O)c(Cl)c1. The summed E-state index contributed by atoms with van der Waals surface area (Å²) < 4.78 is 10.8. The minimum Gasteiger partial charge on any atom is -0.506 e. The number of amides is 2. The molecule has 0 fully saturated rings. The highest BCUT2D eigenvalue weighted by Gasteiger charge is 2.09. The van der Waals surface area contributed by atoms with Crippen LogP contribution < -0.4 is 20.2 Å². The molecule has 10 heteroatoms. The van der Waals surface area contributed by atoms with Gasteiger partial charge < -0.3 is 19.9 Å². The Balaban J connectivity index is 1.58. The van der Waals surface area contributed by atoms with Crippen LogP contribution in [0.25, 0.3) is 0 Å². The van der Waals surface area contributed by atoms with E-state index < -0.39 is 5.91 Å². The van der Waals surface area contributed by atoms with Crippen molar-refractivity contribution in [1.29, 1.82) is 0 Å². The van der Waals surface area contributed by atoms with Crippen LogP contribution in [-0.2, 0) is 4.79 Å². The number of nitrogens with zero attached hydrogens (tertiary/aromatic N) is 1. The van der Waals surface area contributed by atoms with Gasteiger partial charge in [-0.2, -0.15) is 5.10 Å². The zero-order valence-corrected chi connectivity index (χ0v) is 18.9. The van der Waals surface area contributed by atoms with Crippen molar-refractivity contribution in [2.45, 2.75) is 0 Å². The maximum Gasteiger partial charge on any atom is 0.271 e. The summed E-state index contributed by atoms with van der Waals surface area (Å²) in [4.78, 5) is 24.3. The Morgan fingerprint density at radius 2 is 1.82 bits per heavy atom. The van der Waals surface area contributed by atoms with Gasteiger partial charge in [-0.25, -0.2) is 5.43 Å². The van der Waals surface area contributed by atoms with Crippen molar-refractivity contribution in [2.75, 3.05) is 19.0 Å². The van der Waals surface area contributed by atoms with E-state index in [0.29, 0.717) is 27.8 Å². The number of halogens is 2. The zero-order valence-electron chi connectivity index (χ0n) is 17.3. The van der Waals surface area contributed by atoms with Crippen molar-refractivity contribution in [1.82, 2.24) is 5.43 Å². The Kier molecular flexibility index (Phi) is 8.12. The lowest BCUT2D eigenvalue weighted by atomic mass is 10.2. The molecule has 0 aromatic heterocycles. The first kappa shape index (κ1) is 23.9. The molecule has 0 radical (unpaired) electrons. The Bertz CT molecular complexity index is 1180. The van der Waals surface area contributed by atoms with Gasteiger partial charge in [0, 0.05) is 27.9 Å². The summed E-state index contributed by atoms with van der Waals surface area (Å²) >= 11 is 11.6. The molecule has 0 heterocycles. The predicted molar refractivity (Wildman–Crippen MR) is 127 cm³/mol. The number of rotatable bonds is 8. The largest absolute Gasteiger partial charge is 0.506 e. The van der Waals surface area contributed by atoms with Crippen molar-refractivity contribution in [3.63, 3.8) is 0 Å². The van der Waals surface area contributed by atoms with Crippen LogP contribution in [0.15, 0.2) is 65.8 Å². The maximum atomic E-state index is 12.2. The minimum atomic E-state index is -0.503. The van der Waals surface area contributed by atoms with E-state index in [2.05, 4.69) is 15.8 Å². The van der Waals surface area contributed by atoms with Crippen LogP contribution in [0, 0.1) is 0 Å². The summed E-state index contributed by atoms with van der Waals surface area (Å²) in [6.07, 6.45) is 1.40. The van der Waals surface area contributed by atoms with Gasteiger partial charge >= 0.3 is 0 Å². The summed E-state index contributed by atoms with van der Waals surface area (Å²) in [5.74, 6) is -0.0254. The van der Waals surface area contributed by atoms with E-state index in [-0.39, 0.29) is 28.8 Å². The fourth-order valence-corrected chi connectivity index (χ4v) is 2.95. The normalized spacial score (nSPS) is 10.6. The highest BCUT2D eigenvalue weighted by molar-refractivity contribution is 6.32. The number of carbonyl (C=O) groups is 2. The van der Waals surface area contributed by atoms with Crippen molar-refractivity contribution in [2.24, 2.45) is 5.10 Å². The van der Waals surface area contributed by atoms with Crippen LogP contribution in [0.1, 0.15) is 15.9 Å². The molecular weight excluding hydrogens is 469 g/mol.